The van der Waals surface area contributed by atoms with E-state index in [9.17, 15) is 4.79 Å². The van der Waals surface area contributed by atoms with Crippen LogP contribution in [-0.2, 0) is 6.61 Å². The predicted octanol–water partition coefficient (Wildman–Crippen LogP) is 6.55. The zero-order chi connectivity index (χ0) is 24.9. The van der Waals surface area contributed by atoms with E-state index < -0.39 is 0 Å². The third-order valence-corrected chi connectivity index (χ3v) is 6.87. The molecule has 1 aliphatic rings. The molecule has 0 aromatic heterocycles. The fourth-order valence-corrected chi connectivity index (χ4v) is 4.53. The van der Waals surface area contributed by atoms with Gasteiger partial charge in [-0.3, -0.25) is 4.79 Å². The monoisotopic (exact) mass is 512 g/mol. The Morgan fingerprint density at radius 2 is 1.66 bits per heavy atom. The molecule has 0 unspecified atom stereocenters. The molecule has 1 fully saturated rings. The maximum Gasteiger partial charge on any atom is 0.253 e. The number of hydrogen-bond donors (Lipinski definition) is 0. The maximum absolute atomic E-state index is 13.3. The second-order valence-electron chi connectivity index (χ2n) is 8.67. The van der Waals surface area contributed by atoms with Gasteiger partial charge in [-0.15, -0.1) is 0 Å². The molecule has 7 heteroatoms. The molecule has 3 aromatic carbocycles. The normalized spacial score (nSPS) is 13.6. The number of aryl methyl sites for hydroxylation is 2. The van der Waals surface area contributed by atoms with Crippen molar-refractivity contribution >= 4 is 34.8 Å². The van der Waals surface area contributed by atoms with Gasteiger partial charge in [-0.1, -0.05) is 29.3 Å². The number of halogens is 2. The standard InChI is InChI=1S/C28H30Cl2N2O3/c1-4-34-27-10-6-21(16-22(27)18-35-24-8-9-25(30)20(3)15-24)28(33)32-13-11-31(12-14-32)26-17-23(29)7-5-19(26)2/h5-10,15-17H,4,11-14,18H2,1-3H3. The van der Waals surface area contributed by atoms with Crippen molar-refractivity contribution in [3.8, 4) is 11.5 Å². The molecule has 0 bridgehead atoms. The fraction of sp³-hybridized carbons (Fsp3) is 0.321. The van der Waals surface area contributed by atoms with Gasteiger partial charge in [0.15, 0.2) is 0 Å². The number of anilines is 1. The summed E-state index contributed by atoms with van der Waals surface area (Å²) in [4.78, 5) is 17.5. The molecule has 1 amide bonds. The summed E-state index contributed by atoms with van der Waals surface area (Å²) in [5, 5.41) is 1.42. The lowest BCUT2D eigenvalue weighted by Gasteiger charge is -2.37. The molecule has 184 valence electrons. The van der Waals surface area contributed by atoms with E-state index in [1.54, 1.807) is 0 Å². The smallest absolute Gasteiger partial charge is 0.253 e. The van der Waals surface area contributed by atoms with Gasteiger partial charge in [0.1, 0.15) is 18.1 Å². The summed E-state index contributed by atoms with van der Waals surface area (Å²) < 4.78 is 11.8. The summed E-state index contributed by atoms with van der Waals surface area (Å²) in [7, 11) is 0. The number of benzene rings is 3. The van der Waals surface area contributed by atoms with E-state index in [4.69, 9.17) is 32.7 Å². The first-order valence-electron chi connectivity index (χ1n) is 11.8. The van der Waals surface area contributed by atoms with Gasteiger partial charge < -0.3 is 19.3 Å². The van der Waals surface area contributed by atoms with Crippen LogP contribution < -0.4 is 14.4 Å². The molecule has 0 saturated carbocycles. The Morgan fingerprint density at radius 1 is 0.886 bits per heavy atom. The Kier molecular flexibility index (Phi) is 8.09. The highest BCUT2D eigenvalue weighted by molar-refractivity contribution is 6.31. The van der Waals surface area contributed by atoms with E-state index >= 15 is 0 Å². The van der Waals surface area contributed by atoms with Gasteiger partial charge in [-0.25, -0.2) is 0 Å². The molecule has 0 N–H and O–H groups in total. The number of amides is 1. The van der Waals surface area contributed by atoms with E-state index in [-0.39, 0.29) is 5.91 Å². The van der Waals surface area contributed by atoms with Gasteiger partial charge >= 0.3 is 0 Å². The minimum atomic E-state index is 0.0131. The van der Waals surface area contributed by atoms with Crippen LogP contribution in [0.2, 0.25) is 10.0 Å². The number of hydrogen-bond acceptors (Lipinski definition) is 4. The minimum absolute atomic E-state index is 0.0131. The van der Waals surface area contributed by atoms with Crippen molar-refractivity contribution in [3.05, 3.63) is 86.9 Å². The average Bonchev–Trinajstić information content (AvgIpc) is 2.86. The first kappa shape index (κ1) is 25.2. The molecule has 1 aliphatic heterocycles. The van der Waals surface area contributed by atoms with Crippen molar-refractivity contribution in [3.63, 3.8) is 0 Å². The molecule has 0 aliphatic carbocycles. The van der Waals surface area contributed by atoms with E-state index in [1.165, 1.54) is 5.56 Å². The van der Waals surface area contributed by atoms with Crippen LogP contribution in [0, 0.1) is 13.8 Å². The quantitative estimate of drug-likeness (QED) is 0.359. The molecule has 0 radical (unpaired) electrons. The van der Waals surface area contributed by atoms with Crippen molar-refractivity contribution in [1.29, 1.82) is 0 Å². The second kappa shape index (κ2) is 11.2. The van der Waals surface area contributed by atoms with Crippen LogP contribution in [0.25, 0.3) is 0 Å². The van der Waals surface area contributed by atoms with Gasteiger partial charge in [0, 0.05) is 53.0 Å². The predicted molar refractivity (Wildman–Crippen MR) is 142 cm³/mol. The molecule has 5 nitrogen and oxygen atoms in total. The van der Waals surface area contributed by atoms with Crippen molar-refractivity contribution < 1.29 is 14.3 Å². The molecule has 0 atom stereocenters. The van der Waals surface area contributed by atoms with Crippen molar-refractivity contribution in [2.45, 2.75) is 27.4 Å². The number of nitrogens with zero attached hydrogens (tertiary/aromatic N) is 2. The lowest BCUT2D eigenvalue weighted by molar-refractivity contribution is 0.0746. The van der Waals surface area contributed by atoms with Gasteiger partial charge in [0.2, 0.25) is 0 Å². The van der Waals surface area contributed by atoms with Crippen molar-refractivity contribution in [2.24, 2.45) is 0 Å². The fourth-order valence-electron chi connectivity index (χ4n) is 4.25. The number of piperazine rings is 1. The van der Waals surface area contributed by atoms with E-state index in [0.29, 0.717) is 36.9 Å². The Bertz CT molecular complexity index is 1210. The lowest BCUT2D eigenvalue weighted by atomic mass is 10.1. The van der Waals surface area contributed by atoms with Gasteiger partial charge in [-0.05, 0) is 80.4 Å². The zero-order valence-electron chi connectivity index (χ0n) is 20.3. The summed E-state index contributed by atoms with van der Waals surface area (Å²) in [5.74, 6) is 1.45. The molecular weight excluding hydrogens is 483 g/mol. The van der Waals surface area contributed by atoms with Gasteiger partial charge in [0.05, 0.1) is 6.61 Å². The molecule has 1 heterocycles. The molecule has 1 saturated heterocycles. The molecule has 4 rings (SSSR count). The summed E-state index contributed by atoms with van der Waals surface area (Å²) in [6.45, 7) is 9.59. The Balaban J connectivity index is 1.45. The molecule has 35 heavy (non-hydrogen) atoms. The van der Waals surface area contributed by atoms with Gasteiger partial charge in [0.25, 0.3) is 5.91 Å². The summed E-state index contributed by atoms with van der Waals surface area (Å²) in [6.07, 6.45) is 0. The summed E-state index contributed by atoms with van der Waals surface area (Å²) in [6, 6.07) is 17.1. The van der Waals surface area contributed by atoms with E-state index in [0.717, 1.165) is 46.4 Å². The Hall–Kier alpha value is -2.89. The van der Waals surface area contributed by atoms with Crippen LogP contribution in [-0.4, -0.2) is 43.6 Å². The second-order valence-corrected chi connectivity index (χ2v) is 9.51. The minimum Gasteiger partial charge on any atom is -0.493 e. The highest BCUT2D eigenvalue weighted by Crippen LogP contribution is 2.28. The average molecular weight is 513 g/mol. The SMILES string of the molecule is CCOc1ccc(C(=O)N2CCN(c3cc(Cl)ccc3C)CC2)cc1COc1ccc(Cl)c(C)c1. The summed E-state index contributed by atoms with van der Waals surface area (Å²) >= 11 is 12.3. The van der Waals surface area contributed by atoms with Crippen LogP contribution in [0.5, 0.6) is 11.5 Å². The van der Waals surface area contributed by atoms with Crippen molar-refractivity contribution in [1.82, 2.24) is 4.90 Å². The van der Waals surface area contributed by atoms with E-state index in [2.05, 4.69) is 11.8 Å². The van der Waals surface area contributed by atoms with Crippen LogP contribution in [0.3, 0.4) is 0 Å². The van der Waals surface area contributed by atoms with Crippen LogP contribution in [0.1, 0.15) is 34.0 Å². The third-order valence-electron chi connectivity index (χ3n) is 6.21. The zero-order valence-corrected chi connectivity index (χ0v) is 21.8. The number of ether oxygens (including phenoxy) is 2. The van der Waals surface area contributed by atoms with Gasteiger partial charge in [-0.2, -0.15) is 0 Å². The largest absolute Gasteiger partial charge is 0.493 e. The summed E-state index contributed by atoms with van der Waals surface area (Å²) in [5.41, 5.74) is 4.72. The highest BCUT2D eigenvalue weighted by atomic mass is 35.5. The maximum atomic E-state index is 13.3. The van der Waals surface area contributed by atoms with Crippen molar-refractivity contribution in [2.75, 3.05) is 37.7 Å². The number of carbonyl (C=O) groups excluding carboxylic acids is 1. The Morgan fingerprint density at radius 3 is 2.37 bits per heavy atom. The Labute approximate surface area is 217 Å². The van der Waals surface area contributed by atoms with Crippen LogP contribution in [0.15, 0.2) is 54.6 Å². The molecular formula is C28H30Cl2N2O3. The number of rotatable bonds is 7. The van der Waals surface area contributed by atoms with Crippen LogP contribution in [0.4, 0.5) is 5.69 Å². The van der Waals surface area contributed by atoms with E-state index in [1.807, 2.05) is 73.3 Å². The highest BCUT2D eigenvalue weighted by Gasteiger charge is 2.24. The number of carbonyl (C=O) groups is 1. The lowest BCUT2D eigenvalue weighted by Crippen LogP contribution is -2.49. The molecule has 0 spiro atoms. The topological polar surface area (TPSA) is 42.0 Å². The first-order chi connectivity index (χ1) is 16.9. The third kappa shape index (κ3) is 6.03. The molecule has 3 aromatic rings. The van der Waals surface area contributed by atoms with Crippen LogP contribution >= 0.6 is 23.2 Å². The first-order valence-corrected chi connectivity index (χ1v) is 12.6.